The number of amides is 2. The van der Waals surface area contributed by atoms with Crippen molar-refractivity contribution < 1.29 is 31.9 Å². The van der Waals surface area contributed by atoms with E-state index in [0.29, 0.717) is 25.5 Å². The van der Waals surface area contributed by atoms with E-state index in [4.69, 9.17) is 16.3 Å². The van der Waals surface area contributed by atoms with E-state index < -0.39 is 40.6 Å². The second-order valence-corrected chi connectivity index (χ2v) is 8.15. The Hall–Kier alpha value is -2.95. The first kappa shape index (κ1) is 21.3. The number of benzene rings is 1. The van der Waals surface area contributed by atoms with Crippen molar-refractivity contribution >= 4 is 23.4 Å². The number of hydrogen-bond donors (Lipinski definition) is 2. The van der Waals surface area contributed by atoms with Gasteiger partial charge in [0.15, 0.2) is 12.3 Å². The summed E-state index contributed by atoms with van der Waals surface area (Å²) in [5, 5.41) is 5.51. The first-order valence-corrected chi connectivity index (χ1v) is 9.48. The zero-order chi connectivity index (χ0) is 22.4. The minimum atomic E-state index is -4.63. The SMILES string of the molecule is O=C(COc1ccc(Cl)c(F)c1)NC12CC(NC(=O)c3cnc(C(F)(F)F)cn3)(C1)C2. The highest BCUT2D eigenvalue weighted by Crippen LogP contribution is 2.60. The van der Waals surface area contributed by atoms with Crippen LogP contribution in [-0.4, -0.2) is 39.5 Å². The summed E-state index contributed by atoms with van der Waals surface area (Å²) in [6.45, 7) is -0.316. The molecule has 3 aliphatic rings. The van der Waals surface area contributed by atoms with Crippen LogP contribution in [0.1, 0.15) is 35.4 Å². The Balaban J connectivity index is 1.24. The van der Waals surface area contributed by atoms with Gasteiger partial charge in [0.25, 0.3) is 11.8 Å². The summed E-state index contributed by atoms with van der Waals surface area (Å²) in [7, 11) is 0. The van der Waals surface area contributed by atoms with Crippen molar-refractivity contribution in [1.82, 2.24) is 20.6 Å². The molecule has 0 spiro atoms. The molecule has 3 fully saturated rings. The molecule has 2 aromatic rings. The van der Waals surface area contributed by atoms with Gasteiger partial charge in [-0.3, -0.25) is 9.59 Å². The van der Waals surface area contributed by atoms with Crippen molar-refractivity contribution in [1.29, 1.82) is 0 Å². The lowest BCUT2D eigenvalue weighted by Crippen LogP contribution is -2.84. The molecule has 31 heavy (non-hydrogen) atoms. The largest absolute Gasteiger partial charge is 0.484 e. The van der Waals surface area contributed by atoms with Crippen molar-refractivity contribution in [2.24, 2.45) is 0 Å². The summed E-state index contributed by atoms with van der Waals surface area (Å²) < 4.78 is 56.2. The van der Waals surface area contributed by atoms with E-state index in [2.05, 4.69) is 20.6 Å². The predicted molar refractivity (Wildman–Crippen MR) is 98.9 cm³/mol. The summed E-state index contributed by atoms with van der Waals surface area (Å²) in [5.74, 6) is -1.53. The molecule has 5 rings (SSSR count). The summed E-state index contributed by atoms with van der Waals surface area (Å²) in [6, 6.07) is 3.83. The predicted octanol–water partition coefficient (Wildman–Crippen LogP) is 2.89. The zero-order valence-electron chi connectivity index (χ0n) is 15.7. The van der Waals surface area contributed by atoms with Crippen LogP contribution in [0.4, 0.5) is 17.6 Å². The molecule has 2 bridgehead atoms. The molecule has 0 saturated heterocycles. The van der Waals surface area contributed by atoms with Crippen LogP contribution < -0.4 is 15.4 Å². The number of ether oxygens (including phenoxy) is 1. The maximum atomic E-state index is 13.4. The first-order valence-electron chi connectivity index (χ1n) is 9.10. The Kier molecular flexibility index (Phi) is 5.03. The number of nitrogens with one attached hydrogen (secondary N) is 2. The van der Waals surface area contributed by atoms with E-state index in [9.17, 15) is 27.2 Å². The highest BCUT2D eigenvalue weighted by Gasteiger charge is 2.69. The minimum absolute atomic E-state index is 0.0553. The molecule has 164 valence electrons. The van der Waals surface area contributed by atoms with Gasteiger partial charge >= 0.3 is 6.18 Å². The molecule has 1 heterocycles. The van der Waals surface area contributed by atoms with Crippen molar-refractivity contribution in [3.05, 3.63) is 52.8 Å². The summed E-state index contributed by atoms with van der Waals surface area (Å²) in [5.41, 5.74) is -2.40. The quantitative estimate of drug-likeness (QED) is 0.649. The molecule has 3 saturated carbocycles. The Labute approximate surface area is 178 Å². The Morgan fingerprint density at radius 3 is 2.35 bits per heavy atom. The van der Waals surface area contributed by atoms with E-state index in [0.717, 1.165) is 12.3 Å². The average Bonchev–Trinajstić information content (AvgIpc) is 2.65. The molecule has 0 unspecified atom stereocenters. The van der Waals surface area contributed by atoms with Gasteiger partial charge in [-0.15, -0.1) is 0 Å². The minimum Gasteiger partial charge on any atom is -0.484 e. The number of nitrogens with zero attached hydrogens (tertiary/aromatic N) is 2. The average molecular weight is 459 g/mol. The van der Waals surface area contributed by atoms with Crippen LogP contribution in [0.5, 0.6) is 5.75 Å². The van der Waals surface area contributed by atoms with Gasteiger partial charge < -0.3 is 15.4 Å². The zero-order valence-corrected chi connectivity index (χ0v) is 16.5. The van der Waals surface area contributed by atoms with Crippen LogP contribution in [0.15, 0.2) is 30.6 Å². The van der Waals surface area contributed by atoms with Gasteiger partial charge in [0.05, 0.1) is 17.4 Å². The molecule has 3 aliphatic carbocycles. The van der Waals surface area contributed by atoms with Crippen LogP contribution in [0.3, 0.4) is 0 Å². The summed E-state index contributed by atoms with van der Waals surface area (Å²) in [4.78, 5) is 31.1. The lowest BCUT2D eigenvalue weighted by molar-refractivity contribution is -0.142. The van der Waals surface area contributed by atoms with Gasteiger partial charge in [0, 0.05) is 17.1 Å². The third kappa shape index (κ3) is 4.27. The fourth-order valence-electron chi connectivity index (χ4n) is 4.00. The molecule has 1 aromatic carbocycles. The summed E-state index contributed by atoms with van der Waals surface area (Å²) in [6.07, 6.45) is -1.93. The normalized spacial score (nSPS) is 23.9. The number of carbonyl (C=O) groups is 2. The lowest BCUT2D eigenvalue weighted by atomic mass is 9.44. The first-order chi connectivity index (χ1) is 14.5. The highest BCUT2D eigenvalue weighted by atomic mass is 35.5. The van der Waals surface area contributed by atoms with Gasteiger partial charge in [0.1, 0.15) is 17.3 Å². The van der Waals surface area contributed by atoms with Crippen LogP contribution >= 0.6 is 11.6 Å². The molecular formula is C19H15ClF4N4O3. The molecule has 0 atom stereocenters. The number of hydrogen-bond acceptors (Lipinski definition) is 5. The fourth-order valence-corrected chi connectivity index (χ4v) is 4.11. The lowest BCUT2D eigenvalue weighted by Gasteiger charge is -2.70. The van der Waals surface area contributed by atoms with Gasteiger partial charge in [0.2, 0.25) is 0 Å². The Morgan fingerprint density at radius 2 is 1.77 bits per heavy atom. The maximum Gasteiger partial charge on any atom is 0.434 e. The van der Waals surface area contributed by atoms with Crippen LogP contribution in [0.25, 0.3) is 0 Å². The van der Waals surface area contributed by atoms with Gasteiger partial charge in [-0.05, 0) is 31.4 Å². The number of halogens is 5. The highest BCUT2D eigenvalue weighted by molar-refractivity contribution is 6.30. The van der Waals surface area contributed by atoms with Gasteiger partial charge in [-0.25, -0.2) is 14.4 Å². The third-order valence-corrected chi connectivity index (χ3v) is 5.56. The van der Waals surface area contributed by atoms with Gasteiger partial charge in [-0.2, -0.15) is 13.2 Å². The number of carbonyl (C=O) groups excluding carboxylic acids is 2. The van der Waals surface area contributed by atoms with Gasteiger partial charge in [-0.1, -0.05) is 11.6 Å². The van der Waals surface area contributed by atoms with Crippen LogP contribution in [0.2, 0.25) is 5.02 Å². The van der Waals surface area contributed by atoms with Crippen LogP contribution in [-0.2, 0) is 11.0 Å². The van der Waals surface area contributed by atoms with Crippen LogP contribution in [0, 0.1) is 5.82 Å². The number of aromatic nitrogens is 2. The molecule has 0 radical (unpaired) electrons. The van der Waals surface area contributed by atoms with E-state index in [1.54, 1.807) is 0 Å². The monoisotopic (exact) mass is 458 g/mol. The molecule has 0 aliphatic heterocycles. The van der Waals surface area contributed by atoms with E-state index in [1.807, 2.05) is 0 Å². The molecule has 2 N–H and O–H groups in total. The third-order valence-electron chi connectivity index (χ3n) is 5.25. The Bertz CT molecular complexity index is 1030. The molecule has 2 amide bonds. The summed E-state index contributed by atoms with van der Waals surface area (Å²) >= 11 is 5.58. The number of alkyl halides is 3. The van der Waals surface area contributed by atoms with Crippen molar-refractivity contribution in [2.75, 3.05) is 6.61 Å². The smallest absolute Gasteiger partial charge is 0.434 e. The van der Waals surface area contributed by atoms with E-state index in [-0.39, 0.29) is 23.1 Å². The molecule has 7 nitrogen and oxygen atoms in total. The van der Waals surface area contributed by atoms with E-state index in [1.165, 1.54) is 12.1 Å². The standard InChI is InChI=1S/C19H15ClF4N4O3/c20-11-2-1-10(3-12(11)21)31-6-15(29)27-17-7-18(8-17,9-17)28-16(30)13-4-26-14(5-25-13)19(22,23)24/h1-5H,6-9H2,(H,27,29)(H,28,30). The molecular weight excluding hydrogens is 444 g/mol. The van der Waals surface area contributed by atoms with E-state index >= 15 is 0 Å². The Morgan fingerprint density at radius 1 is 1.10 bits per heavy atom. The second-order valence-electron chi connectivity index (χ2n) is 7.74. The molecule has 1 aromatic heterocycles. The van der Waals surface area contributed by atoms with Crippen molar-refractivity contribution in [2.45, 2.75) is 36.5 Å². The fraction of sp³-hybridized carbons (Fsp3) is 0.368. The van der Waals surface area contributed by atoms with Crippen molar-refractivity contribution in [3.8, 4) is 5.75 Å². The molecule has 12 heteroatoms. The topological polar surface area (TPSA) is 93.2 Å². The second kappa shape index (κ2) is 7.33. The maximum absolute atomic E-state index is 13.4. The number of rotatable bonds is 6. The van der Waals surface area contributed by atoms with Crippen molar-refractivity contribution in [3.63, 3.8) is 0 Å².